The Balaban J connectivity index is 1.89. The first-order valence-electron chi connectivity index (χ1n) is 8.65. The fraction of sp³-hybridized carbons (Fsp3) is 0.250. The van der Waals surface area contributed by atoms with Crippen molar-refractivity contribution in [1.82, 2.24) is 9.99 Å². The molecule has 1 unspecified atom stereocenters. The Hall–Kier alpha value is -2.71. The van der Waals surface area contributed by atoms with Crippen molar-refractivity contribution >= 4 is 33.9 Å². The van der Waals surface area contributed by atoms with E-state index in [1.807, 2.05) is 19.1 Å². The van der Waals surface area contributed by atoms with Crippen LogP contribution in [0.25, 0.3) is 21.5 Å². The highest BCUT2D eigenvalue weighted by Gasteiger charge is 2.51. The van der Waals surface area contributed by atoms with Gasteiger partial charge in [-0.3, -0.25) is 4.79 Å². The van der Waals surface area contributed by atoms with Gasteiger partial charge in [-0.1, -0.05) is 18.2 Å². The molecule has 0 saturated carbocycles. The van der Waals surface area contributed by atoms with Gasteiger partial charge in [-0.25, -0.2) is 13.8 Å². The Labute approximate surface area is 163 Å². The molecule has 1 amide bonds. The van der Waals surface area contributed by atoms with Crippen molar-refractivity contribution in [3.05, 3.63) is 52.9 Å². The Bertz CT molecular complexity index is 1110. The van der Waals surface area contributed by atoms with E-state index in [-0.39, 0.29) is 11.3 Å². The average molecular weight is 401 g/mol. The van der Waals surface area contributed by atoms with Crippen LogP contribution in [-0.2, 0) is 0 Å². The summed E-state index contributed by atoms with van der Waals surface area (Å²) in [7, 11) is 0. The lowest BCUT2D eigenvalue weighted by Gasteiger charge is -2.30. The molecule has 1 aromatic carbocycles. The van der Waals surface area contributed by atoms with Crippen LogP contribution in [0.5, 0.6) is 0 Å². The maximum atomic E-state index is 13.6. The molecule has 8 heteroatoms. The molecule has 144 valence electrons. The minimum atomic E-state index is -3.15. The molecule has 1 aliphatic rings. The van der Waals surface area contributed by atoms with Crippen LogP contribution in [0, 0.1) is 6.92 Å². The highest BCUT2D eigenvalue weighted by atomic mass is 32.1. The SMILES string of the molecule is CC1=NN(C(=O)c2cc(-c3ccc(C)s3)nc3ccccc23)C(O)(C(F)F)C1. The first-order valence-corrected chi connectivity index (χ1v) is 9.47. The summed E-state index contributed by atoms with van der Waals surface area (Å²) in [5, 5.41) is 15.4. The number of hydrogen-bond donors (Lipinski definition) is 1. The number of thiophene rings is 1. The number of rotatable bonds is 3. The number of aromatic nitrogens is 1. The molecule has 4 rings (SSSR count). The summed E-state index contributed by atoms with van der Waals surface area (Å²) in [6.45, 7) is 3.47. The smallest absolute Gasteiger partial charge is 0.287 e. The van der Waals surface area contributed by atoms with Crippen LogP contribution in [-0.4, -0.2) is 38.9 Å². The molecule has 1 atom stereocenters. The zero-order valence-corrected chi connectivity index (χ0v) is 16.0. The van der Waals surface area contributed by atoms with Crippen LogP contribution >= 0.6 is 11.3 Å². The molecule has 0 fully saturated rings. The monoisotopic (exact) mass is 401 g/mol. The molecule has 0 bridgehead atoms. The van der Waals surface area contributed by atoms with Gasteiger partial charge < -0.3 is 5.11 Å². The van der Waals surface area contributed by atoms with Crippen LogP contribution in [0.2, 0.25) is 0 Å². The third-order valence-corrected chi connectivity index (χ3v) is 5.66. The second kappa shape index (κ2) is 6.72. The van der Waals surface area contributed by atoms with Crippen LogP contribution in [0.15, 0.2) is 47.6 Å². The maximum Gasteiger partial charge on any atom is 0.287 e. The van der Waals surface area contributed by atoms with E-state index in [2.05, 4.69) is 10.1 Å². The van der Waals surface area contributed by atoms with Gasteiger partial charge in [0.15, 0.2) is 0 Å². The molecular weight excluding hydrogens is 384 g/mol. The lowest BCUT2D eigenvalue weighted by atomic mass is 10.0. The largest absolute Gasteiger partial charge is 0.364 e. The quantitative estimate of drug-likeness (QED) is 0.705. The van der Waals surface area contributed by atoms with Crippen molar-refractivity contribution in [3.8, 4) is 10.6 Å². The lowest BCUT2D eigenvalue weighted by Crippen LogP contribution is -2.51. The topological polar surface area (TPSA) is 65.8 Å². The number of halogens is 2. The third-order valence-electron chi connectivity index (χ3n) is 4.63. The van der Waals surface area contributed by atoms with Gasteiger partial charge in [0.1, 0.15) is 0 Å². The van der Waals surface area contributed by atoms with E-state index in [9.17, 15) is 18.7 Å². The van der Waals surface area contributed by atoms with E-state index in [0.29, 0.717) is 21.6 Å². The van der Waals surface area contributed by atoms with Gasteiger partial charge in [0.05, 0.1) is 21.7 Å². The van der Waals surface area contributed by atoms with E-state index in [4.69, 9.17) is 0 Å². The Morgan fingerprint density at radius 3 is 2.68 bits per heavy atom. The number of aryl methyl sites for hydroxylation is 1. The highest BCUT2D eigenvalue weighted by Crippen LogP contribution is 2.35. The number of pyridine rings is 1. The zero-order valence-electron chi connectivity index (χ0n) is 15.2. The summed E-state index contributed by atoms with van der Waals surface area (Å²) in [5.74, 6) is -0.784. The van der Waals surface area contributed by atoms with E-state index in [1.165, 1.54) is 18.3 Å². The molecule has 0 aliphatic carbocycles. The molecule has 0 saturated heterocycles. The summed E-state index contributed by atoms with van der Waals surface area (Å²) in [4.78, 5) is 19.8. The van der Waals surface area contributed by atoms with E-state index >= 15 is 0 Å². The number of para-hydroxylation sites is 1. The van der Waals surface area contributed by atoms with E-state index in [1.54, 1.807) is 30.3 Å². The Morgan fingerprint density at radius 1 is 1.25 bits per heavy atom. The third kappa shape index (κ3) is 2.98. The van der Waals surface area contributed by atoms with Crippen molar-refractivity contribution in [2.45, 2.75) is 32.4 Å². The van der Waals surface area contributed by atoms with Gasteiger partial charge in [-0.2, -0.15) is 10.1 Å². The number of nitrogens with zero attached hydrogens (tertiary/aromatic N) is 3. The summed E-state index contributed by atoms with van der Waals surface area (Å²) in [5.41, 5.74) is -1.08. The zero-order chi connectivity index (χ0) is 20.1. The minimum Gasteiger partial charge on any atom is -0.364 e. The number of carbonyl (C=O) groups is 1. The average Bonchev–Trinajstić information content (AvgIpc) is 3.23. The number of hydrazone groups is 1. The van der Waals surface area contributed by atoms with Crippen LogP contribution in [0.1, 0.15) is 28.6 Å². The number of alkyl halides is 2. The number of hydrogen-bond acceptors (Lipinski definition) is 5. The normalized spacial score (nSPS) is 19.5. The lowest BCUT2D eigenvalue weighted by molar-refractivity contribution is -0.164. The Kier molecular flexibility index (Phi) is 4.47. The van der Waals surface area contributed by atoms with Gasteiger partial charge in [-0.15, -0.1) is 11.3 Å². The van der Waals surface area contributed by atoms with Gasteiger partial charge in [0.2, 0.25) is 5.72 Å². The number of benzene rings is 1. The first-order chi connectivity index (χ1) is 13.3. The van der Waals surface area contributed by atoms with Gasteiger partial charge in [-0.05, 0) is 38.1 Å². The second-order valence-corrected chi connectivity index (χ2v) is 8.08. The molecule has 3 heterocycles. The molecule has 2 aromatic heterocycles. The van der Waals surface area contributed by atoms with Crippen molar-refractivity contribution in [1.29, 1.82) is 0 Å². The standard InChI is InChI=1S/C20H17F2N3O2S/c1-11-10-20(27,19(21)22)25(24-11)18(26)14-9-16(17-8-7-12(2)28-17)23-15-6-4-3-5-13(14)15/h3-9,19,27H,10H2,1-2H3. The molecule has 1 N–H and O–H groups in total. The molecule has 1 aliphatic heterocycles. The van der Waals surface area contributed by atoms with Crippen LogP contribution < -0.4 is 0 Å². The van der Waals surface area contributed by atoms with Crippen LogP contribution in [0.3, 0.4) is 0 Å². The molecule has 0 radical (unpaired) electrons. The van der Waals surface area contributed by atoms with Gasteiger partial charge >= 0.3 is 0 Å². The number of fused-ring (bicyclic) bond motifs is 1. The summed E-state index contributed by atoms with van der Waals surface area (Å²) in [6.07, 6.45) is -3.54. The molecule has 28 heavy (non-hydrogen) atoms. The minimum absolute atomic E-state index is 0.171. The highest BCUT2D eigenvalue weighted by molar-refractivity contribution is 7.15. The second-order valence-electron chi connectivity index (χ2n) is 6.79. The molecule has 3 aromatic rings. The summed E-state index contributed by atoms with van der Waals surface area (Å²) < 4.78 is 27.1. The van der Waals surface area contributed by atoms with Crippen molar-refractivity contribution in [2.24, 2.45) is 5.10 Å². The van der Waals surface area contributed by atoms with Crippen molar-refractivity contribution in [3.63, 3.8) is 0 Å². The molecule has 0 spiro atoms. The number of amides is 1. The van der Waals surface area contributed by atoms with Crippen LogP contribution in [0.4, 0.5) is 8.78 Å². The fourth-order valence-electron chi connectivity index (χ4n) is 3.30. The summed E-state index contributed by atoms with van der Waals surface area (Å²) in [6, 6.07) is 12.4. The Morgan fingerprint density at radius 2 is 2.00 bits per heavy atom. The fourth-order valence-corrected chi connectivity index (χ4v) is 4.13. The summed E-state index contributed by atoms with van der Waals surface area (Å²) >= 11 is 1.52. The molecule has 5 nitrogen and oxygen atoms in total. The van der Waals surface area contributed by atoms with E-state index in [0.717, 1.165) is 9.75 Å². The maximum absolute atomic E-state index is 13.6. The van der Waals surface area contributed by atoms with Crippen molar-refractivity contribution in [2.75, 3.05) is 0 Å². The predicted octanol–water partition coefficient (Wildman–Crippen LogP) is 4.45. The van der Waals surface area contributed by atoms with Crippen molar-refractivity contribution < 1.29 is 18.7 Å². The number of carbonyl (C=O) groups excluding carboxylic acids is 1. The number of aliphatic hydroxyl groups is 1. The van der Waals surface area contributed by atoms with Gasteiger partial charge in [0.25, 0.3) is 12.3 Å². The molecular formula is C20H17F2N3O2S. The van der Waals surface area contributed by atoms with Gasteiger partial charge in [0, 0.05) is 22.4 Å². The van der Waals surface area contributed by atoms with E-state index < -0.39 is 24.5 Å². The predicted molar refractivity (Wildman–Crippen MR) is 105 cm³/mol. The first kappa shape index (κ1) is 18.6.